The maximum Gasteiger partial charge on any atom is 0.227 e. The van der Waals surface area contributed by atoms with Crippen molar-refractivity contribution in [3.63, 3.8) is 0 Å². The van der Waals surface area contributed by atoms with Gasteiger partial charge in [0.2, 0.25) is 5.91 Å². The molecular weight excluding hydrogens is 503 g/mol. The fraction of sp³-hybridized carbons (Fsp3) is 0.435. The molecule has 0 atom stereocenters. The standard InChI is InChI=1S/C23H32N6O.HI/c1-2-24-23(27-16-6-5-15-26-21-8-3-4-14-25-21)28-18-19-10-12-20(13-11-19)29-17-7-9-22(29)30;/h3-4,8,10-14H,2,5-7,9,15-18H2,1H3,(H,25,26)(H2,24,27,28);1H. The first kappa shape index (κ1) is 24.9. The highest BCUT2D eigenvalue weighted by Gasteiger charge is 2.21. The zero-order valence-corrected chi connectivity index (χ0v) is 20.5. The van der Waals surface area contributed by atoms with Gasteiger partial charge in [0.05, 0.1) is 6.54 Å². The molecule has 1 aliphatic rings. The Balaban J connectivity index is 0.00000341. The number of guanidine groups is 1. The molecule has 31 heavy (non-hydrogen) atoms. The number of aromatic nitrogens is 1. The number of unbranched alkanes of at least 4 members (excludes halogenated alkanes) is 1. The highest BCUT2D eigenvalue weighted by molar-refractivity contribution is 14.0. The van der Waals surface area contributed by atoms with E-state index in [9.17, 15) is 4.79 Å². The van der Waals surface area contributed by atoms with Gasteiger partial charge in [0.25, 0.3) is 0 Å². The Hall–Kier alpha value is -2.36. The summed E-state index contributed by atoms with van der Waals surface area (Å²) >= 11 is 0. The molecule has 3 rings (SSSR count). The molecule has 168 valence electrons. The summed E-state index contributed by atoms with van der Waals surface area (Å²) in [5.41, 5.74) is 2.11. The summed E-state index contributed by atoms with van der Waals surface area (Å²) in [6, 6.07) is 14.0. The van der Waals surface area contributed by atoms with Crippen LogP contribution in [0.3, 0.4) is 0 Å². The van der Waals surface area contributed by atoms with Crippen molar-refractivity contribution < 1.29 is 4.79 Å². The topological polar surface area (TPSA) is 81.7 Å². The number of nitrogens with one attached hydrogen (secondary N) is 3. The Bertz CT molecular complexity index is 813. The molecule has 1 aromatic carbocycles. The van der Waals surface area contributed by atoms with Crippen molar-refractivity contribution in [3.05, 3.63) is 54.2 Å². The first-order valence-corrected chi connectivity index (χ1v) is 10.8. The van der Waals surface area contributed by atoms with Gasteiger partial charge in [-0.05, 0) is 56.0 Å². The summed E-state index contributed by atoms with van der Waals surface area (Å²) in [6.45, 7) is 6.08. The van der Waals surface area contributed by atoms with Crippen LogP contribution in [0.25, 0.3) is 0 Å². The number of pyridine rings is 1. The van der Waals surface area contributed by atoms with Gasteiger partial charge in [-0.1, -0.05) is 18.2 Å². The third-order valence-electron chi connectivity index (χ3n) is 4.95. The van der Waals surface area contributed by atoms with Crippen LogP contribution in [0.4, 0.5) is 11.5 Å². The monoisotopic (exact) mass is 536 g/mol. The van der Waals surface area contributed by atoms with Gasteiger partial charge in [0, 0.05) is 44.5 Å². The van der Waals surface area contributed by atoms with Crippen LogP contribution >= 0.6 is 24.0 Å². The molecule has 8 heteroatoms. The van der Waals surface area contributed by atoms with Gasteiger partial charge in [0.15, 0.2) is 5.96 Å². The van der Waals surface area contributed by atoms with Crippen molar-refractivity contribution in [2.45, 2.75) is 39.2 Å². The number of halogens is 1. The molecule has 0 spiro atoms. The van der Waals surface area contributed by atoms with Crippen LogP contribution in [-0.4, -0.2) is 43.0 Å². The van der Waals surface area contributed by atoms with Crippen molar-refractivity contribution in [3.8, 4) is 0 Å². The molecule has 7 nitrogen and oxygen atoms in total. The van der Waals surface area contributed by atoms with Gasteiger partial charge in [-0.15, -0.1) is 24.0 Å². The number of hydrogen-bond acceptors (Lipinski definition) is 4. The van der Waals surface area contributed by atoms with E-state index < -0.39 is 0 Å². The molecule has 0 aliphatic carbocycles. The summed E-state index contributed by atoms with van der Waals surface area (Å²) in [7, 11) is 0. The van der Waals surface area contributed by atoms with E-state index in [-0.39, 0.29) is 29.9 Å². The molecule has 1 saturated heterocycles. The molecule has 2 aromatic rings. The number of anilines is 2. The number of rotatable bonds is 10. The predicted octanol–water partition coefficient (Wildman–Crippen LogP) is 3.77. The van der Waals surface area contributed by atoms with E-state index in [1.165, 1.54) is 0 Å². The first-order valence-electron chi connectivity index (χ1n) is 10.8. The van der Waals surface area contributed by atoms with Crippen molar-refractivity contribution >= 4 is 47.3 Å². The summed E-state index contributed by atoms with van der Waals surface area (Å²) in [5.74, 6) is 1.96. The highest BCUT2D eigenvalue weighted by Crippen LogP contribution is 2.21. The molecular formula is C23H33IN6O. The third kappa shape index (κ3) is 8.35. The number of carbonyl (C=O) groups is 1. The quantitative estimate of drug-likeness (QED) is 0.187. The average molecular weight is 536 g/mol. The minimum absolute atomic E-state index is 0. The van der Waals surface area contributed by atoms with Gasteiger partial charge in [0.1, 0.15) is 5.82 Å². The summed E-state index contributed by atoms with van der Waals surface area (Å²) < 4.78 is 0. The van der Waals surface area contributed by atoms with E-state index in [1.54, 1.807) is 6.20 Å². The average Bonchev–Trinajstić information content (AvgIpc) is 3.21. The lowest BCUT2D eigenvalue weighted by molar-refractivity contribution is -0.117. The van der Waals surface area contributed by atoms with Gasteiger partial charge in [-0.25, -0.2) is 9.98 Å². The molecule has 1 fully saturated rings. The largest absolute Gasteiger partial charge is 0.370 e. The Morgan fingerprint density at radius 2 is 1.90 bits per heavy atom. The summed E-state index contributed by atoms with van der Waals surface area (Å²) in [5, 5.41) is 10.0. The smallest absolute Gasteiger partial charge is 0.227 e. The number of amides is 1. The van der Waals surface area contributed by atoms with Crippen LogP contribution in [0, 0.1) is 0 Å². The number of hydrogen-bond donors (Lipinski definition) is 3. The van der Waals surface area contributed by atoms with Gasteiger partial charge in [-0.2, -0.15) is 0 Å². The maximum atomic E-state index is 11.9. The molecule has 1 amide bonds. The van der Waals surface area contributed by atoms with Gasteiger partial charge < -0.3 is 20.9 Å². The Morgan fingerprint density at radius 3 is 2.58 bits per heavy atom. The summed E-state index contributed by atoms with van der Waals surface area (Å²) in [4.78, 5) is 22.7. The van der Waals surface area contributed by atoms with Crippen molar-refractivity contribution in [1.29, 1.82) is 0 Å². The van der Waals surface area contributed by atoms with Crippen LogP contribution in [-0.2, 0) is 11.3 Å². The Labute approximate surface area is 202 Å². The first-order chi connectivity index (χ1) is 14.8. The van der Waals surface area contributed by atoms with E-state index in [1.807, 2.05) is 35.2 Å². The van der Waals surface area contributed by atoms with Crippen LogP contribution in [0.15, 0.2) is 53.7 Å². The van der Waals surface area contributed by atoms with E-state index >= 15 is 0 Å². The normalized spacial score (nSPS) is 13.6. The number of nitrogens with zero attached hydrogens (tertiary/aromatic N) is 3. The zero-order chi connectivity index (χ0) is 21.0. The second-order valence-corrected chi connectivity index (χ2v) is 7.29. The van der Waals surface area contributed by atoms with E-state index in [0.717, 1.165) is 68.5 Å². The fourth-order valence-electron chi connectivity index (χ4n) is 3.36. The molecule has 1 aromatic heterocycles. The zero-order valence-electron chi connectivity index (χ0n) is 18.1. The van der Waals surface area contributed by atoms with Crippen molar-refractivity contribution in [2.24, 2.45) is 4.99 Å². The SMILES string of the molecule is CCNC(=NCc1ccc(N2CCCC2=O)cc1)NCCCCNc1ccccn1.I. The van der Waals surface area contributed by atoms with Crippen LogP contribution in [0.2, 0.25) is 0 Å². The van der Waals surface area contributed by atoms with E-state index in [0.29, 0.717) is 13.0 Å². The molecule has 1 aliphatic heterocycles. The lowest BCUT2D eigenvalue weighted by Crippen LogP contribution is -2.37. The second kappa shape index (κ2) is 13.8. The lowest BCUT2D eigenvalue weighted by atomic mass is 10.2. The highest BCUT2D eigenvalue weighted by atomic mass is 127. The maximum absolute atomic E-state index is 11.9. The number of carbonyl (C=O) groups excluding carboxylic acids is 1. The molecule has 0 unspecified atom stereocenters. The molecule has 0 saturated carbocycles. The summed E-state index contributed by atoms with van der Waals surface area (Å²) in [6.07, 6.45) is 5.50. The van der Waals surface area contributed by atoms with E-state index in [4.69, 9.17) is 0 Å². The van der Waals surface area contributed by atoms with Crippen molar-refractivity contribution in [2.75, 3.05) is 36.4 Å². The van der Waals surface area contributed by atoms with Crippen LogP contribution < -0.4 is 20.9 Å². The molecule has 2 heterocycles. The number of benzene rings is 1. The van der Waals surface area contributed by atoms with E-state index in [2.05, 4.69) is 45.0 Å². The van der Waals surface area contributed by atoms with Gasteiger partial charge >= 0.3 is 0 Å². The molecule has 3 N–H and O–H groups in total. The molecule has 0 bridgehead atoms. The van der Waals surface area contributed by atoms with Crippen LogP contribution in [0.5, 0.6) is 0 Å². The fourth-order valence-corrected chi connectivity index (χ4v) is 3.36. The van der Waals surface area contributed by atoms with Crippen LogP contribution in [0.1, 0.15) is 38.2 Å². The minimum atomic E-state index is 0. The lowest BCUT2D eigenvalue weighted by Gasteiger charge is -2.16. The Kier molecular flexibility index (Phi) is 11.1. The predicted molar refractivity (Wildman–Crippen MR) is 138 cm³/mol. The Morgan fingerprint density at radius 1 is 1.10 bits per heavy atom. The molecule has 0 radical (unpaired) electrons. The third-order valence-corrected chi connectivity index (χ3v) is 4.95. The second-order valence-electron chi connectivity index (χ2n) is 7.29. The number of aliphatic imine (C=N–C) groups is 1. The van der Waals surface area contributed by atoms with Crippen molar-refractivity contribution in [1.82, 2.24) is 15.6 Å². The van der Waals surface area contributed by atoms with Gasteiger partial charge in [-0.3, -0.25) is 4.79 Å². The minimum Gasteiger partial charge on any atom is -0.370 e.